The third kappa shape index (κ3) is 4.04. The standard InChI is InChI=1S/C21H29NO/c1-15-9-11-20(21(23)18-7-4-8-18)13-19(15)12-10-16(2)22-14-17-5-3-6-17/h10,12,14,18,20,22H,2-9,11,13H2,1H3/b12-10-. The number of carbonyl (C=O) groups excluding carboxylic acids is 1. The van der Waals surface area contributed by atoms with E-state index >= 15 is 0 Å². The maximum atomic E-state index is 12.5. The molecule has 0 radical (unpaired) electrons. The highest BCUT2D eigenvalue weighted by molar-refractivity contribution is 5.84. The van der Waals surface area contributed by atoms with Crippen LogP contribution in [0, 0.1) is 11.8 Å². The summed E-state index contributed by atoms with van der Waals surface area (Å²) in [5.41, 5.74) is 5.19. The van der Waals surface area contributed by atoms with Crippen molar-refractivity contribution in [2.45, 2.75) is 64.7 Å². The molecule has 2 heteroatoms. The normalized spacial score (nSPS) is 25.1. The summed E-state index contributed by atoms with van der Waals surface area (Å²) >= 11 is 0. The maximum absolute atomic E-state index is 12.5. The number of ketones is 1. The Morgan fingerprint density at radius 3 is 2.52 bits per heavy atom. The molecule has 0 aromatic carbocycles. The summed E-state index contributed by atoms with van der Waals surface area (Å²) in [5.74, 6) is 1.15. The first kappa shape index (κ1) is 16.3. The van der Waals surface area contributed by atoms with Gasteiger partial charge < -0.3 is 5.32 Å². The van der Waals surface area contributed by atoms with Crippen LogP contribution in [0.2, 0.25) is 0 Å². The van der Waals surface area contributed by atoms with E-state index in [9.17, 15) is 4.79 Å². The zero-order valence-electron chi connectivity index (χ0n) is 14.4. The zero-order valence-corrected chi connectivity index (χ0v) is 14.4. The Hall–Kier alpha value is -1.57. The number of Topliss-reactive ketones (excluding diaryl/α,β-unsaturated/α-hetero) is 1. The highest BCUT2D eigenvalue weighted by Gasteiger charge is 2.32. The number of carbonyl (C=O) groups is 1. The molecule has 0 spiro atoms. The summed E-state index contributed by atoms with van der Waals surface area (Å²) in [5, 5.41) is 3.28. The number of hydrogen-bond donors (Lipinski definition) is 1. The van der Waals surface area contributed by atoms with Gasteiger partial charge in [0.2, 0.25) is 0 Å². The predicted octanol–water partition coefficient (Wildman–Crippen LogP) is 5.20. The average molecular weight is 311 g/mol. The Labute approximate surface area is 140 Å². The van der Waals surface area contributed by atoms with Gasteiger partial charge in [-0.15, -0.1) is 0 Å². The van der Waals surface area contributed by atoms with Gasteiger partial charge >= 0.3 is 0 Å². The van der Waals surface area contributed by atoms with E-state index < -0.39 is 0 Å². The molecule has 0 heterocycles. The largest absolute Gasteiger partial charge is 0.362 e. The molecule has 3 rings (SSSR count). The molecule has 2 fully saturated rings. The van der Waals surface area contributed by atoms with Gasteiger partial charge in [-0.3, -0.25) is 4.79 Å². The van der Waals surface area contributed by atoms with Crippen LogP contribution in [0.1, 0.15) is 64.7 Å². The van der Waals surface area contributed by atoms with Gasteiger partial charge in [0.1, 0.15) is 5.78 Å². The van der Waals surface area contributed by atoms with E-state index in [4.69, 9.17) is 0 Å². The third-order valence-electron chi connectivity index (χ3n) is 5.74. The first-order chi connectivity index (χ1) is 11.1. The minimum atomic E-state index is 0.252. The monoisotopic (exact) mass is 311 g/mol. The van der Waals surface area contributed by atoms with Gasteiger partial charge in [0.15, 0.2) is 0 Å². The van der Waals surface area contributed by atoms with E-state index in [0.29, 0.717) is 11.7 Å². The fourth-order valence-electron chi connectivity index (χ4n) is 3.54. The van der Waals surface area contributed by atoms with Gasteiger partial charge in [0.05, 0.1) is 0 Å². The van der Waals surface area contributed by atoms with E-state index in [1.165, 1.54) is 42.4 Å². The van der Waals surface area contributed by atoms with Gasteiger partial charge in [-0.05, 0) is 69.9 Å². The first-order valence-corrected chi connectivity index (χ1v) is 9.17. The molecule has 124 valence electrons. The van der Waals surface area contributed by atoms with Crippen molar-refractivity contribution in [2.24, 2.45) is 11.8 Å². The minimum absolute atomic E-state index is 0.252. The van der Waals surface area contributed by atoms with Crippen LogP contribution in [-0.4, -0.2) is 5.78 Å². The number of nitrogens with one attached hydrogen (secondary N) is 1. The van der Waals surface area contributed by atoms with Crippen molar-refractivity contribution in [3.05, 3.63) is 47.3 Å². The summed E-state index contributed by atoms with van der Waals surface area (Å²) in [7, 11) is 0. The molecule has 0 aromatic rings. The Kier molecular flexibility index (Phi) is 5.20. The molecular weight excluding hydrogens is 282 g/mol. The molecule has 3 aliphatic rings. The summed E-state index contributed by atoms with van der Waals surface area (Å²) in [4.78, 5) is 12.5. The molecule has 3 aliphatic carbocycles. The van der Waals surface area contributed by atoms with Gasteiger partial charge in [-0.2, -0.15) is 0 Å². The lowest BCUT2D eigenvalue weighted by molar-refractivity contribution is -0.129. The Bertz CT molecular complexity index is 569. The molecular formula is C21H29NO. The molecule has 0 saturated heterocycles. The summed E-state index contributed by atoms with van der Waals surface area (Å²) in [6, 6.07) is 0. The van der Waals surface area contributed by atoms with E-state index in [2.05, 4.69) is 37.2 Å². The van der Waals surface area contributed by atoms with Crippen LogP contribution in [0.3, 0.4) is 0 Å². The number of hydrogen-bond acceptors (Lipinski definition) is 2. The van der Waals surface area contributed by atoms with Crippen LogP contribution < -0.4 is 5.32 Å². The zero-order chi connectivity index (χ0) is 16.2. The lowest BCUT2D eigenvalue weighted by Gasteiger charge is -2.31. The van der Waals surface area contributed by atoms with E-state index in [1.54, 1.807) is 0 Å². The molecule has 1 N–H and O–H groups in total. The van der Waals surface area contributed by atoms with Crippen molar-refractivity contribution >= 4 is 5.78 Å². The Morgan fingerprint density at radius 1 is 1.13 bits per heavy atom. The lowest BCUT2D eigenvalue weighted by atomic mass is 9.72. The van der Waals surface area contributed by atoms with Crippen LogP contribution >= 0.6 is 0 Å². The maximum Gasteiger partial charge on any atom is 0.139 e. The molecule has 0 bridgehead atoms. The first-order valence-electron chi connectivity index (χ1n) is 9.17. The number of allylic oxidation sites excluding steroid dienone is 5. The second-order valence-electron chi connectivity index (χ2n) is 7.43. The molecule has 0 aliphatic heterocycles. The van der Waals surface area contributed by atoms with Crippen molar-refractivity contribution in [3.8, 4) is 0 Å². The van der Waals surface area contributed by atoms with Gasteiger partial charge in [-0.1, -0.05) is 30.2 Å². The minimum Gasteiger partial charge on any atom is -0.362 e. The molecule has 0 aromatic heterocycles. The highest BCUT2D eigenvalue weighted by Crippen LogP contribution is 2.37. The van der Waals surface area contributed by atoms with Crippen LogP contribution in [-0.2, 0) is 4.79 Å². The predicted molar refractivity (Wildman–Crippen MR) is 95.7 cm³/mol. The molecule has 1 unspecified atom stereocenters. The molecule has 0 amide bonds. The van der Waals surface area contributed by atoms with Crippen molar-refractivity contribution in [3.63, 3.8) is 0 Å². The molecule has 2 saturated carbocycles. The Balaban J connectivity index is 1.55. The molecule has 1 atom stereocenters. The van der Waals surface area contributed by atoms with E-state index in [-0.39, 0.29) is 5.92 Å². The fraction of sp³-hybridized carbons (Fsp3) is 0.571. The molecule has 23 heavy (non-hydrogen) atoms. The second kappa shape index (κ2) is 7.33. The topological polar surface area (TPSA) is 29.1 Å². The highest BCUT2D eigenvalue weighted by atomic mass is 16.1. The third-order valence-corrected chi connectivity index (χ3v) is 5.74. The van der Waals surface area contributed by atoms with Crippen molar-refractivity contribution < 1.29 is 4.79 Å². The summed E-state index contributed by atoms with van der Waals surface area (Å²) < 4.78 is 0. The van der Waals surface area contributed by atoms with Gasteiger partial charge in [0.25, 0.3) is 0 Å². The van der Waals surface area contributed by atoms with Crippen molar-refractivity contribution in [1.29, 1.82) is 0 Å². The second-order valence-corrected chi connectivity index (χ2v) is 7.43. The number of rotatable bonds is 6. The van der Waals surface area contributed by atoms with Crippen molar-refractivity contribution in [1.82, 2.24) is 5.32 Å². The van der Waals surface area contributed by atoms with Crippen LogP contribution in [0.25, 0.3) is 0 Å². The van der Waals surface area contributed by atoms with Crippen LogP contribution in [0.5, 0.6) is 0 Å². The van der Waals surface area contributed by atoms with Gasteiger partial charge in [-0.25, -0.2) is 0 Å². The van der Waals surface area contributed by atoms with Gasteiger partial charge in [0, 0.05) is 23.7 Å². The SMILES string of the molecule is C=C(/C=C\C1=C(C)CCC(C(=O)C2CCC2)C1)NC=C1CCC1. The van der Waals surface area contributed by atoms with Crippen LogP contribution in [0.15, 0.2) is 47.3 Å². The van der Waals surface area contributed by atoms with Crippen LogP contribution in [0.4, 0.5) is 0 Å². The van der Waals surface area contributed by atoms with E-state index in [0.717, 1.165) is 37.8 Å². The average Bonchev–Trinajstić information content (AvgIpc) is 2.42. The summed E-state index contributed by atoms with van der Waals surface area (Å²) in [6.45, 7) is 6.27. The van der Waals surface area contributed by atoms with E-state index in [1.807, 2.05) is 0 Å². The quantitative estimate of drug-likeness (QED) is 0.683. The lowest BCUT2D eigenvalue weighted by Crippen LogP contribution is -2.30. The Morgan fingerprint density at radius 2 is 1.91 bits per heavy atom. The summed E-state index contributed by atoms with van der Waals surface area (Å²) in [6.07, 6.45) is 16.6. The fourth-order valence-corrected chi connectivity index (χ4v) is 3.54. The smallest absolute Gasteiger partial charge is 0.139 e. The van der Waals surface area contributed by atoms with Crippen molar-refractivity contribution in [2.75, 3.05) is 0 Å². The molecule has 2 nitrogen and oxygen atoms in total.